The van der Waals surface area contributed by atoms with Crippen molar-refractivity contribution in [1.82, 2.24) is 5.32 Å². The second kappa shape index (κ2) is 13.8. The van der Waals surface area contributed by atoms with Crippen LogP contribution in [0.5, 0.6) is 0 Å². The molecule has 5 heteroatoms. The van der Waals surface area contributed by atoms with Crippen molar-refractivity contribution < 1.29 is 14.2 Å². The summed E-state index contributed by atoms with van der Waals surface area (Å²) in [5.41, 5.74) is 0. The summed E-state index contributed by atoms with van der Waals surface area (Å²) in [6, 6.07) is 0. The Balaban J connectivity index is 2.84. The van der Waals surface area contributed by atoms with Crippen LogP contribution in [0.15, 0.2) is 0 Å². The van der Waals surface area contributed by atoms with Crippen molar-refractivity contribution in [3.63, 3.8) is 0 Å². The monoisotopic (exact) mass is 233 g/mol. The summed E-state index contributed by atoms with van der Waals surface area (Å²) in [4.78, 5) is 0. The van der Waals surface area contributed by atoms with Crippen LogP contribution in [0.1, 0.15) is 0 Å². The van der Waals surface area contributed by atoms with Gasteiger partial charge in [0.25, 0.3) is 0 Å². The summed E-state index contributed by atoms with van der Waals surface area (Å²) < 4.78 is 15.5. The number of terminal acetylenes is 1. The summed E-state index contributed by atoms with van der Waals surface area (Å²) in [5.74, 6) is 3.06. The molecule has 4 nitrogen and oxygen atoms in total. The maximum absolute atomic E-state index is 5.27. The van der Waals surface area contributed by atoms with Gasteiger partial charge in [0, 0.05) is 12.4 Å². The summed E-state index contributed by atoms with van der Waals surface area (Å²) in [5, 5.41) is 3.03. The molecule has 0 saturated heterocycles. The maximum atomic E-state index is 5.27. The van der Waals surface area contributed by atoms with Gasteiger partial charge < -0.3 is 19.5 Å². The molecule has 15 heavy (non-hydrogen) atoms. The van der Waals surface area contributed by atoms with Crippen molar-refractivity contribution in [3.05, 3.63) is 0 Å². The molecular weight excluding hydrogens is 214 g/mol. The van der Waals surface area contributed by atoms with Crippen molar-refractivity contribution in [1.29, 1.82) is 0 Å². The fraction of sp³-hybridized carbons (Fsp3) is 0.800. The second-order valence-corrected chi connectivity index (χ2v) is 2.96. The van der Waals surface area contributed by atoms with E-state index >= 15 is 0 Å². The topological polar surface area (TPSA) is 39.7 Å². The molecule has 1 N–H and O–H groups in total. The molecule has 0 heterocycles. The summed E-state index contributed by atoms with van der Waals surface area (Å²) >= 11 is 4.00. The summed E-state index contributed by atoms with van der Waals surface area (Å²) in [7, 11) is 0. The Hall–Kier alpha value is -0.250. The first kappa shape index (κ1) is 14.8. The van der Waals surface area contributed by atoms with Crippen LogP contribution < -0.4 is 5.32 Å². The van der Waals surface area contributed by atoms with Crippen LogP contribution in [0.2, 0.25) is 0 Å². The third kappa shape index (κ3) is 13.8. The van der Waals surface area contributed by atoms with Gasteiger partial charge in [-0.15, -0.1) is 6.42 Å². The molecule has 0 aromatic carbocycles. The molecule has 0 fully saturated rings. The third-order valence-electron chi connectivity index (χ3n) is 1.46. The lowest BCUT2D eigenvalue weighted by atomic mass is 10.6. The molecule has 0 aromatic rings. The molecule has 0 unspecified atom stereocenters. The fourth-order valence-corrected chi connectivity index (χ4v) is 0.952. The standard InChI is InChI=1S/C10H19NO3S/c1-2-4-12-6-8-14-9-7-13-5-3-11-10-15/h1,11,15H,3-10H2. The van der Waals surface area contributed by atoms with Crippen LogP contribution in [0.3, 0.4) is 0 Å². The molecule has 0 rings (SSSR count). The highest BCUT2D eigenvalue weighted by Crippen LogP contribution is 1.80. The van der Waals surface area contributed by atoms with E-state index in [1.165, 1.54) is 0 Å². The van der Waals surface area contributed by atoms with Gasteiger partial charge in [-0.05, 0) is 0 Å². The molecule has 0 bridgehead atoms. The predicted octanol–water partition coefficient (Wildman–Crippen LogP) is 0.146. The van der Waals surface area contributed by atoms with Crippen LogP contribution in [-0.2, 0) is 14.2 Å². The Kier molecular flexibility index (Phi) is 13.5. The Bertz CT molecular complexity index is 161. The molecule has 0 aliphatic carbocycles. The summed E-state index contributed by atoms with van der Waals surface area (Å²) in [6.07, 6.45) is 5.00. The van der Waals surface area contributed by atoms with Gasteiger partial charge in [-0.1, -0.05) is 5.92 Å². The molecule has 0 aliphatic heterocycles. The van der Waals surface area contributed by atoms with E-state index in [2.05, 4.69) is 23.9 Å². The van der Waals surface area contributed by atoms with Crippen LogP contribution in [-0.4, -0.2) is 52.1 Å². The van der Waals surface area contributed by atoms with Crippen LogP contribution in [0.4, 0.5) is 0 Å². The molecule has 0 saturated carbocycles. The fourth-order valence-electron chi connectivity index (χ4n) is 0.794. The van der Waals surface area contributed by atoms with Crippen molar-refractivity contribution in [2.45, 2.75) is 0 Å². The van der Waals surface area contributed by atoms with Gasteiger partial charge in [-0.2, -0.15) is 12.6 Å². The van der Waals surface area contributed by atoms with E-state index in [4.69, 9.17) is 20.6 Å². The van der Waals surface area contributed by atoms with Gasteiger partial charge in [-0.3, -0.25) is 0 Å². The Morgan fingerprint density at radius 2 is 1.60 bits per heavy atom. The lowest BCUT2D eigenvalue weighted by Gasteiger charge is -2.05. The minimum absolute atomic E-state index is 0.343. The lowest BCUT2D eigenvalue weighted by molar-refractivity contribution is 0.0211. The highest BCUT2D eigenvalue weighted by Gasteiger charge is 1.90. The minimum atomic E-state index is 0.343. The van der Waals surface area contributed by atoms with Crippen molar-refractivity contribution in [2.75, 3.05) is 52.1 Å². The smallest absolute Gasteiger partial charge is 0.107 e. The molecular formula is C10H19NO3S. The SMILES string of the molecule is C#CCOCCOCCOCCNCS. The van der Waals surface area contributed by atoms with E-state index in [-0.39, 0.29) is 0 Å². The quantitative estimate of drug-likeness (QED) is 0.231. The number of hydrogen-bond donors (Lipinski definition) is 2. The van der Waals surface area contributed by atoms with Crippen molar-refractivity contribution in [3.8, 4) is 12.3 Å². The van der Waals surface area contributed by atoms with E-state index < -0.39 is 0 Å². The van der Waals surface area contributed by atoms with E-state index in [0.717, 1.165) is 6.54 Å². The van der Waals surface area contributed by atoms with Crippen LogP contribution in [0.25, 0.3) is 0 Å². The van der Waals surface area contributed by atoms with Crippen LogP contribution >= 0.6 is 12.6 Å². The van der Waals surface area contributed by atoms with Gasteiger partial charge in [0.15, 0.2) is 0 Å². The highest BCUT2D eigenvalue weighted by atomic mass is 32.1. The van der Waals surface area contributed by atoms with Crippen molar-refractivity contribution >= 4 is 12.6 Å². The average Bonchev–Trinajstić information content (AvgIpc) is 2.26. The van der Waals surface area contributed by atoms with Gasteiger partial charge in [-0.25, -0.2) is 0 Å². The molecule has 0 amide bonds. The number of thiol groups is 1. The van der Waals surface area contributed by atoms with E-state index in [1.807, 2.05) is 0 Å². The van der Waals surface area contributed by atoms with Gasteiger partial charge >= 0.3 is 0 Å². The lowest BCUT2D eigenvalue weighted by Crippen LogP contribution is -2.19. The van der Waals surface area contributed by atoms with Gasteiger partial charge in [0.2, 0.25) is 0 Å². The Labute approximate surface area is 97.1 Å². The van der Waals surface area contributed by atoms with E-state index in [9.17, 15) is 0 Å². The Morgan fingerprint density at radius 1 is 1.00 bits per heavy atom. The second-order valence-electron chi connectivity index (χ2n) is 2.64. The first-order valence-corrected chi connectivity index (χ1v) is 5.53. The summed E-state index contributed by atoms with van der Waals surface area (Å²) in [6.45, 7) is 4.11. The molecule has 0 radical (unpaired) electrons. The zero-order valence-corrected chi connectivity index (χ0v) is 9.80. The van der Waals surface area contributed by atoms with E-state index in [1.54, 1.807) is 0 Å². The minimum Gasteiger partial charge on any atom is -0.378 e. The number of ether oxygens (including phenoxy) is 3. The average molecular weight is 233 g/mol. The van der Waals surface area contributed by atoms with E-state index in [0.29, 0.717) is 45.5 Å². The normalized spacial score (nSPS) is 10.1. The van der Waals surface area contributed by atoms with Crippen molar-refractivity contribution in [2.24, 2.45) is 0 Å². The molecule has 0 spiro atoms. The highest BCUT2D eigenvalue weighted by molar-refractivity contribution is 7.80. The van der Waals surface area contributed by atoms with Crippen LogP contribution in [0, 0.1) is 12.3 Å². The number of hydrogen-bond acceptors (Lipinski definition) is 5. The number of rotatable bonds is 11. The van der Waals surface area contributed by atoms with Gasteiger partial charge in [0.1, 0.15) is 6.61 Å². The molecule has 88 valence electrons. The first-order chi connectivity index (χ1) is 7.41. The molecule has 0 atom stereocenters. The molecule has 0 aromatic heterocycles. The largest absolute Gasteiger partial charge is 0.378 e. The van der Waals surface area contributed by atoms with Gasteiger partial charge in [0.05, 0.1) is 33.0 Å². The predicted molar refractivity (Wildman–Crippen MR) is 63.1 cm³/mol. The third-order valence-corrected chi connectivity index (χ3v) is 1.69. The zero-order chi connectivity index (χ0) is 11.2. The number of nitrogens with one attached hydrogen (secondary N) is 1. The zero-order valence-electron chi connectivity index (χ0n) is 8.91. The first-order valence-electron chi connectivity index (χ1n) is 4.90. The Morgan fingerprint density at radius 3 is 2.20 bits per heavy atom. The molecule has 0 aliphatic rings. The maximum Gasteiger partial charge on any atom is 0.107 e.